The van der Waals surface area contributed by atoms with Crippen LogP contribution in [0.2, 0.25) is 0 Å². The summed E-state index contributed by atoms with van der Waals surface area (Å²) < 4.78 is 0. The van der Waals surface area contributed by atoms with Gasteiger partial charge in [0.1, 0.15) is 0 Å². The lowest BCUT2D eigenvalue weighted by Crippen LogP contribution is -2.55. The lowest BCUT2D eigenvalue weighted by Gasteiger charge is -2.50. The van der Waals surface area contributed by atoms with Crippen LogP contribution < -0.4 is 0 Å². The van der Waals surface area contributed by atoms with E-state index in [4.69, 9.17) is 0 Å². The van der Waals surface area contributed by atoms with Gasteiger partial charge in [-0.2, -0.15) is 0 Å². The van der Waals surface area contributed by atoms with Gasteiger partial charge in [-0.05, 0) is 36.2 Å². The lowest BCUT2D eigenvalue weighted by molar-refractivity contribution is 0.0112. The Kier molecular flexibility index (Phi) is 5.49. The summed E-state index contributed by atoms with van der Waals surface area (Å²) in [5.74, 6) is 0. The van der Waals surface area contributed by atoms with Crippen LogP contribution in [-0.4, -0.2) is 43.0 Å². The van der Waals surface area contributed by atoms with Crippen LogP contribution in [-0.2, 0) is 5.54 Å². The number of nitrogens with zero attached hydrogens (tertiary/aromatic N) is 2. The number of piperazine rings is 1. The summed E-state index contributed by atoms with van der Waals surface area (Å²) in [6.45, 7) is 4.82. The number of hydrogen-bond acceptors (Lipinski definition) is 2. The van der Waals surface area contributed by atoms with Crippen molar-refractivity contribution >= 4 is 23.2 Å². The highest BCUT2D eigenvalue weighted by atomic mass is 35.5. The van der Waals surface area contributed by atoms with Crippen LogP contribution in [0.1, 0.15) is 37.7 Å². The van der Waals surface area contributed by atoms with Crippen molar-refractivity contribution in [2.24, 2.45) is 0 Å². The molecule has 2 aromatic rings. The van der Waals surface area contributed by atoms with E-state index in [1.54, 1.807) is 5.56 Å². The zero-order chi connectivity index (χ0) is 15.7. The van der Waals surface area contributed by atoms with Crippen LogP contribution in [0.3, 0.4) is 0 Å². The molecule has 1 aliphatic heterocycles. The van der Waals surface area contributed by atoms with Gasteiger partial charge in [0.25, 0.3) is 0 Å². The molecule has 2 fully saturated rings. The monoisotopic (exact) mass is 344 g/mol. The summed E-state index contributed by atoms with van der Waals surface area (Å²) in [5.41, 5.74) is 1.85. The van der Waals surface area contributed by atoms with Crippen molar-refractivity contribution in [3.63, 3.8) is 0 Å². The fourth-order valence-electron chi connectivity index (χ4n) is 4.76. The first-order chi connectivity index (χ1) is 11.3. The van der Waals surface area contributed by atoms with Gasteiger partial charge in [-0.25, -0.2) is 0 Å². The first-order valence-corrected chi connectivity index (χ1v) is 9.21. The average Bonchev–Trinajstić information content (AvgIpc) is 2.62. The number of likely N-dealkylation sites (N-methyl/N-ethyl adjacent to an activating group) is 1. The normalized spacial score (nSPS) is 22.2. The van der Waals surface area contributed by atoms with E-state index < -0.39 is 0 Å². The van der Waals surface area contributed by atoms with E-state index in [1.807, 2.05) is 0 Å². The molecule has 1 heterocycles. The van der Waals surface area contributed by atoms with Gasteiger partial charge in [0, 0.05) is 31.7 Å². The number of fused-ring (bicyclic) bond motifs is 1. The lowest BCUT2D eigenvalue weighted by atomic mass is 9.73. The maximum absolute atomic E-state index is 2.81. The molecule has 2 aromatic carbocycles. The highest BCUT2D eigenvalue weighted by Gasteiger charge is 2.41. The van der Waals surface area contributed by atoms with Gasteiger partial charge in [-0.1, -0.05) is 61.7 Å². The van der Waals surface area contributed by atoms with E-state index in [2.05, 4.69) is 59.3 Å². The molecule has 0 atom stereocenters. The number of benzene rings is 2. The van der Waals surface area contributed by atoms with E-state index in [0.717, 1.165) is 0 Å². The molecule has 1 saturated heterocycles. The maximum atomic E-state index is 2.81. The molecule has 24 heavy (non-hydrogen) atoms. The van der Waals surface area contributed by atoms with E-state index in [0.29, 0.717) is 0 Å². The van der Waals surface area contributed by atoms with Crippen molar-refractivity contribution in [3.05, 3.63) is 48.0 Å². The van der Waals surface area contributed by atoms with E-state index >= 15 is 0 Å². The zero-order valence-corrected chi connectivity index (χ0v) is 15.5. The summed E-state index contributed by atoms with van der Waals surface area (Å²) in [7, 11) is 2.25. The van der Waals surface area contributed by atoms with Crippen LogP contribution in [0.4, 0.5) is 0 Å². The summed E-state index contributed by atoms with van der Waals surface area (Å²) in [6.07, 6.45) is 6.79. The summed E-state index contributed by atoms with van der Waals surface area (Å²) in [6, 6.07) is 15.9. The largest absolute Gasteiger partial charge is 0.304 e. The Balaban J connectivity index is 0.00000169. The molecule has 0 amide bonds. The first kappa shape index (κ1) is 17.7. The number of halogens is 1. The highest BCUT2D eigenvalue weighted by Crippen LogP contribution is 2.45. The van der Waals surface area contributed by atoms with Crippen molar-refractivity contribution in [2.45, 2.75) is 37.6 Å². The van der Waals surface area contributed by atoms with E-state index in [-0.39, 0.29) is 17.9 Å². The molecule has 0 spiro atoms. The van der Waals surface area contributed by atoms with Crippen molar-refractivity contribution in [3.8, 4) is 0 Å². The van der Waals surface area contributed by atoms with Gasteiger partial charge in [-0.15, -0.1) is 12.4 Å². The summed E-state index contributed by atoms with van der Waals surface area (Å²) in [5, 5.41) is 2.86. The third-order valence-electron chi connectivity index (χ3n) is 6.08. The fourth-order valence-corrected chi connectivity index (χ4v) is 4.76. The number of hydrogen-bond donors (Lipinski definition) is 0. The molecule has 0 bridgehead atoms. The minimum Gasteiger partial charge on any atom is -0.304 e. The zero-order valence-electron chi connectivity index (χ0n) is 14.7. The molecule has 1 aliphatic carbocycles. The molecule has 130 valence electrons. The molecule has 0 radical (unpaired) electrons. The van der Waals surface area contributed by atoms with Gasteiger partial charge in [0.05, 0.1) is 0 Å². The van der Waals surface area contributed by atoms with E-state index in [9.17, 15) is 0 Å². The van der Waals surface area contributed by atoms with Gasteiger partial charge >= 0.3 is 0 Å². The summed E-state index contributed by atoms with van der Waals surface area (Å²) in [4.78, 5) is 5.28. The maximum Gasteiger partial charge on any atom is 0.0467 e. The van der Waals surface area contributed by atoms with Crippen LogP contribution >= 0.6 is 12.4 Å². The van der Waals surface area contributed by atoms with Gasteiger partial charge < -0.3 is 4.90 Å². The van der Waals surface area contributed by atoms with Crippen LogP contribution in [0.5, 0.6) is 0 Å². The Morgan fingerprint density at radius 3 is 2.21 bits per heavy atom. The van der Waals surface area contributed by atoms with Crippen molar-refractivity contribution in [1.29, 1.82) is 0 Å². The van der Waals surface area contributed by atoms with Crippen LogP contribution in [0, 0.1) is 0 Å². The Bertz CT molecular complexity index is 665. The molecule has 4 rings (SSSR count). The third kappa shape index (κ3) is 3.08. The minimum atomic E-state index is 0. The molecule has 0 aromatic heterocycles. The first-order valence-electron chi connectivity index (χ1n) is 9.21. The average molecular weight is 345 g/mol. The van der Waals surface area contributed by atoms with Crippen molar-refractivity contribution in [2.75, 3.05) is 33.2 Å². The van der Waals surface area contributed by atoms with E-state index in [1.165, 1.54) is 69.1 Å². The third-order valence-corrected chi connectivity index (χ3v) is 6.08. The second kappa shape index (κ2) is 7.43. The quantitative estimate of drug-likeness (QED) is 0.781. The van der Waals surface area contributed by atoms with Gasteiger partial charge in [-0.3, -0.25) is 4.90 Å². The topological polar surface area (TPSA) is 6.48 Å². The highest BCUT2D eigenvalue weighted by molar-refractivity contribution is 5.86. The number of rotatable bonds is 2. The fraction of sp³-hybridized carbons (Fsp3) is 0.524. The van der Waals surface area contributed by atoms with Crippen molar-refractivity contribution < 1.29 is 0 Å². The molecule has 1 saturated carbocycles. The molecule has 0 N–H and O–H groups in total. The molecule has 0 unspecified atom stereocenters. The standard InChI is InChI=1S/C21H28N2.ClH/c1-22-14-16-23(17-15-22)21(12-5-2-6-13-21)20-11-7-9-18-8-3-4-10-19(18)20;/h3-4,7-11H,2,5-6,12-17H2,1H3;1H. The predicted octanol–water partition coefficient (Wildman–Crippen LogP) is 4.67. The second-order valence-electron chi connectivity index (χ2n) is 7.41. The summed E-state index contributed by atoms with van der Waals surface area (Å²) >= 11 is 0. The Labute approximate surface area is 152 Å². The smallest absolute Gasteiger partial charge is 0.0467 e. The Morgan fingerprint density at radius 1 is 0.792 bits per heavy atom. The molecule has 3 heteroatoms. The Hall–Kier alpha value is -1.09. The van der Waals surface area contributed by atoms with Crippen LogP contribution in [0.25, 0.3) is 10.8 Å². The van der Waals surface area contributed by atoms with Gasteiger partial charge in [0.15, 0.2) is 0 Å². The minimum absolute atomic E-state index is 0. The Morgan fingerprint density at radius 2 is 1.46 bits per heavy atom. The van der Waals surface area contributed by atoms with Crippen molar-refractivity contribution in [1.82, 2.24) is 9.80 Å². The predicted molar refractivity (Wildman–Crippen MR) is 105 cm³/mol. The van der Waals surface area contributed by atoms with Gasteiger partial charge in [0.2, 0.25) is 0 Å². The van der Waals surface area contributed by atoms with Crippen LogP contribution in [0.15, 0.2) is 42.5 Å². The molecule has 2 aliphatic rings. The molecule has 2 nitrogen and oxygen atoms in total. The second-order valence-corrected chi connectivity index (χ2v) is 7.41. The SMILES string of the molecule is CN1CCN(C2(c3cccc4ccccc34)CCCCC2)CC1.Cl. The molecular weight excluding hydrogens is 316 g/mol. The molecular formula is C21H29ClN2.